The topological polar surface area (TPSA) is 46.9 Å². The molecule has 0 aliphatic carbocycles. The van der Waals surface area contributed by atoms with Gasteiger partial charge in [0, 0.05) is 12.6 Å². The fourth-order valence-corrected chi connectivity index (χ4v) is 2.35. The van der Waals surface area contributed by atoms with E-state index in [0.29, 0.717) is 11.3 Å². The van der Waals surface area contributed by atoms with Crippen molar-refractivity contribution >= 4 is 5.91 Å². The van der Waals surface area contributed by atoms with Crippen LogP contribution in [0.1, 0.15) is 16.1 Å². The van der Waals surface area contributed by atoms with Crippen LogP contribution in [-0.2, 0) is 7.05 Å². The molecule has 3 aromatic rings. The Kier molecular flexibility index (Phi) is 4.91. The van der Waals surface area contributed by atoms with E-state index < -0.39 is 0 Å². The first kappa shape index (κ1) is 16.5. The average Bonchev–Trinajstić information content (AvgIpc) is 3.02. The van der Waals surface area contributed by atoms with Gasteiger partial charge in [-0.1, -0.05) is 54.3 Å². The first-order valence-electron chi connectivity index (χ1n) is 7.76. The Labute approximate surface area is 145 Å². The van der Waals surface area contributed by atoms with Crippen molar-refractivity contribution in [3.8, 4) is 23.1 Å². The number of hydrogen-bond acceptors (Lipinski definition) is 2. The molecule has 0 aliphatic heterocycles. The molecule has 1 heterocycles. The summed E-state index contributed by atoms with van der Waals surface area (Å²) in [5, 5.41) is 7.06. The lowest BCUT2D eigenvalue weighted by Crippen LogP contribution is -2.25. The van der Waals surface area contributed by atoms with Crippen LogP contribution in [0.5, 0.6) is 0 Å². The maximum atomic E-state index is 13.5. The number of amides is 1. The fraction of sp³-hybridized carbons (Fsp3) is 0.100. The van der Waals surface area contributed by atoms with Gasteiger partial charge in [-0.25, -0.2) is 4.39 Å². The molecule has 1 N–H and O–H groups in total. The second kappa shape index (κ2) is 7.45. The van der Waals surface area contributed by atoms with Crippen molar-refractivity contribution in [1.82, 2.24) is 15.1 Å². The van der Waals surface area contributed by atoms with E-state index in [1.165, 1.54) is 10.7 Å². The number of halogens is 1. The van der Waals surface area contributed by atoms with Crippen molar-refractivity contribution in [2.75, 3.05) is 6.54 Å². The second-order valence-electron chi connectivity index (χ2n) is 5.37. The van der Waals surface area contributed by atoms with Gasteiger partial charge in [0.15, 0.2) is 0 Å². The maximum absolute atomic E-state index is 13.5. The summed E-state index contributed by atoms with van der Waals surface area (Å²) in [5.74, 6) is 4.80. The van der Waals surface area contributed by atoms with E-state index >= 15 is 0 Å². The lowest BCUT2D eigenvalue weighted by Gasteiger charge is -2.00. The number of benzene rings is 2. The monoisotopic (exact) mass is 333 g/mol. The molecule has 0 saturated heterocycles. The summed E-state index contributed by atoms with van der Waals surface area (Å²) in [7, 11) is 1.71. The standard InChI is InChI=1S/C20H16FN3O/c1-24-19(14-18(23-24)16-9-3-2-4-10-16)20(25)22-13-7-11-15-8-5-6-12-17(15)21/h2-6,8-10,12,14H,13H2,1H3,(H,22,25). The molecule has 1 aromatic heterocycles. The lowest BCUT2D eigenvalue weighted by atomic mass is 10.1. The number of carbonyl (C=O) groups is 1. The summed E-state index contributed by atoms with van der Waals surface area (Å²) >= 11 is 0. The molecule has 5 heteroatoms. The maximum Gasteiger partial charge on any atom is 0.270 e. The van der Waals surface area contributed by atoms with Crippen molar-refractivity contribution in [2.45, 2.75) is 0 Å². The Hall–Kier alpha value is -3.39. The Morgan fingerprint density at radius 3 is 2.64 bits per heavy atom. The zero-order valence-corrected chi connectivity index (χ0v) is 13.7. The molecular weight excluding hydrogens is 317 g/mol. The van der Waals surface area contributed by atoms with Crippen molar-refractivity contribution in [1.29, 1.82) is 0 Å². The summed E-state index contributed by atoms with van der Waals surface area (Å²) in [6.07, 6.45) is 0. The molecule has 2 aromatic carbocycles. The third-order valence-electron chi connectivity index (χ3n) is 3.62. The highest BCUT2D eigenvalue weighted by Crippen LogP contribution is 2.18. The molecule has 0 unspecified atom stereocenters. The van der Waals surface area contributed by atoms with Crippen LogP contribution < -0.4 is 5.32 Å². The third kappa shape index (κ3) is 3.93. The van der Waals surface area contributed by atoms with Crippen LogP contribution in [0.2, 0.25) is 0 Å². The van der Waals surface area contributed by atoms with E-state index in [-0.39, 0.29) is 18.3 Å². The van der Waals surface area contributed by atoms with Gasteiger partial charge in [0.25, 0.3) is 5.91 Å². The van der Waals surface area contributed by atoms with Crippen LogP contribution in [0.25, 0.3) is 11.3 Å². The number of nitrogens with one attached hydrogen (secondary N) is 1. The zero-order chi connectivity index (χ0) is 17.6. The highest BCUT2D eigenvalue weighted by molar-refractivity contribution is 5.93. The van der Waals surface area contributed by atoms with Gasteiger partial charge in [0.05, 0.1) is 17.8 Å². The van der Waals surface area contributed by atoms with Crippen LogP contribution in [0.4, 0.5) is 4.39 Å². The predicted octanol–water partition coefficient (Wildman–Crippen LogP) is 3.01. The highest BCUT2D eigenvalue weighted by Gasteiger charge is 2.13. The number of aromatic nitrogens is 2. The van der Waals surface area contributed by atoms with E-state index in [1.54, 1.807) is 31.3 Å². The first-order valence-corrected chi connectivity index (χ1v) is 7.76. The van der Waals surface area contributed by atoms with E-state index in [4.69, 9.17) is 0 Å². The van der Waals surface area contributed by atoms with Gasteiger partial charge in [0.1, 0.15) is 11.5 Å². The summed E-state index contributed by atoms with van der Waals surface area (Å²) in [6.45, 7) is 0.124. The second-order valence-corrected chi connectivity index (χ2v) is 5.37. The molecule has 1 amide bonds. The largest absolute Gasteiger partial charge is 0.340 e. The van der Waals surface area contributed by atoms with Crippen LogP contribution in [0.3, 0.4) is 0 Å². The van der Waals surface area contributed by atoms with Crippen molar-refractivity contribution < 1.29 is 9.18 Å². The minimum absolute atomic E-state index is 0.124. The molecule has 4 nitrogen and oxygen atoms in total. The van der Waals surface area contributed by atoms with Gasteiger partial charge in [-0.3, -0.25) is 9.48 Å². The molecule has 0 bridgehead atoms. The van der Waals surface area contributed by atoms with Gasteiger partial charge in [0.2, 0.25) is 0 Å². The van der Waals surface area contributed by atoms with Gasteiger partial charge >= 0.3 is 0 Å². The minimum Gasteiger partial charge on any atom is -0.340 e. The Morgan fingerprint density at radius 2 is 1.88 bits per heavy atom. The Morgan fingerprint density at radius 1 is 1.16 bits per heavy atom. The molecule has 25 heavy (non-hydrogen) atoms. The molecule has 0 saturated carbocycles. The molecule has 0 atom stereocenters. The summed E-state index contributed by atoms with van der Waals surface area (Å²) < 4.78 is 15.0. The van der Waals surface area contributed by atoms with Crippen LogP contribution >= 0.6 is 0 Å². The van der Waals surface area contributed by atoms with E-state index in [1.807, 2.05) is 30.3 Å². The summed E-state index contributed by atoms with van der Waals surface area (Å²) in [4.78, 5) is 12.3. The molecule has 0 spiro atoms. The lowest BCUT2D eigenvalue weighted by molar-refractivity contribution is 0.0949. The number of rotatable bonds is 3. The first-order chi connectivity index (χ1) is 12.1. The van der Waals surface area contributed by atoms with Crippen LogP contribution in [0, 0.1) is 17.7 Å². The van der Waals surface area contributed by atoms with Crippen molar-refractivity contribution in [2.24, 2.45) is 7.05 Å². The van der Waals surface area contributed by atoms with E-state index in [0.717, 1.165) is 11.3 Å². The summed E-state index contributed by atoms with van der Waals surface area (Å²) in [6, 6.07) is 17.6. The number of nitrogens with zero attached hydrogens (tertiary/aromatic N) is 2. The molecule has 0 aliphatic rings. The van der Waals surface area contributed by atoms with Crippen molar-refractivity contribution in [3.63, 3.8) is 0 Å². The molecule has 0 fully saturated rings. The normalized spacial score (nSPS) is 10.0. The fourth-order valence-electron chi connectivity index (χ4n) is 2.35. The van der Waals surface area contributed by atoms with Gasteiger partial charge < -0.3 is 5.32 Å². The smallest absolute Gasteiger partial charge is 0.270 e. The molecule has 3 rings (SSSR count). The molecule has 0 radical (unpaired) electrons. The SMILES string of the molecule is Cn1nc(-c2ccccc2)cc1C(=O)NCC#Cc1ccccc1F. The van der Waals surface area contributed by atoms with E-state index in [9.17, 15) is 9.18 Å². The van der Waals surface area contributed by atoms with Gasteiger partial charge in [-0.15, -0.1) is 0 Å². The number of hydrogen-bond donors (Lipinski definition) is 1. The molecular formula is C20H16FN3O. The number of aryl methyl sites for hydroxylation is 1. The average molecular weight is 333 g/mol. The van der Waals surface area contributed by atoms with Crippen LogP contribution in [-0.4, -0.2) is 22.2 Å². The van der Waals surface area contributed by atoms with E-state index in [2.05, 4.69) is 22.3 Å². The Balaban J connectivity index is 1.67. The van der Waals surface area contributed by atoms with Gasteiger partial charge in [-0.05, 0) is 18.2 Å². The zero-order valence-electron chi connectivity index (χ0n) is 13.7. The van der Waals surface area contributed by atoms with Crippen molar-refractivity contribution in [3.05, 3.63) is 77.7 Å². The third-order valence-corrected chi connectivity index (χ3v) is 3.62. The quantitative estimate of drug-likeness (QED) is 0.749. The predicted molar refractivity (Wildman–Crippen MR) is 94.3 cm³/mol. The highest BCUT2D eigenvalue weighted by atomic mass is 19.1. The Bertz CT molecular complexity index is 952. The minimum atomic E-state index is -0.375. The summed E-state index contributed by atoms with van der Waals surface area (Å²) in [5.41, 5.74) is 2.41. The molecule has 124 valence electrons. The number of carbonyl (C=O) groups excluding carboxylic acids is 1. The van der Waals surface area contributed by atoms with Crippen LogP contribution in [0.15, 0.2) is 60.7 Å². The van der Waals surface area contributed by atoms with Gasteiger partial charge in [-0.2, -0.15) is 5.10 Å².